The smallest absolute Gasteiger partial charge is 0.0995 e. The zero-order chi connectivity index (χ0) is 10.7. The van der Waals surface area contributed by atoms with E-state index >= 15 is 0 Å². The molecule has 1 N–H and O–H groups in total. The number of imidazole rings is 1. The van der Waals surface area contributed by atoms with E-state index < -0.39 is 0 Å². The van der Waals surface area contributed by atoms with Crippen LogP contribution in [0.15, 0.2) is 36.8 Å². The summed E-state index contributed by atoms with van der Waals surface area (Å²) < 4.78 is 1.96. The van der Waals surface area contributed by atoms with Gasteiger partial charge in [0, 0.05) is 23.5 Å². The van der Waals surface area contributed by atoms with Crippen LogP contribution in [0.4, 0.5) is 0 Å². The lowest BCUT2D eigenvalue weighted by atomic mass is 10.3. The molecule has 2 rings (SSSR count). The van der Waals surface area contributed by atoms with Gasteiger partial charge in [0.1, 0.15) is 0 Å². The maximum atomic E-state index is 5.92. The SMILES string of the molecule is CNCc1cn(-c2cccc(Cl)c2)cn1. The Morgan fingerprint density at radius 3 is 3.07 bits per heavy atom. The molecule has 0 saturated heterocycles. The molecule has 0 aliphatic rings. The number of hydrogen-bond acceptors (Lipinski definition) is 2. The van der Waals surface area contributed by atoms with Gasteiger partial charge < -0.3 is 9.88 Å². The normalized spacial score (nSPS) is 10.5. The van der Waals surface area contributed by atoms with Gasteiger partial charge in [0.15, 0.2) is 0 Å². The van der Waals surface area contributed by atoms with Gasteiger partial charge in [-0.2, -0.15) is 0 Å². The molecule has 0 spiro atoms. The Morgan fingerprint density at radius 2 is 2.33 bits per heavy atom. The molecule has 0 bridgehead atoms. The number of halogens is 1. The first kappa shape index (κ1) is 10.2. The highest BCUT2D eigenvalue weighted by atomic mass is 35.5. The van der Waals surface area contributed by atoms with Crippen molar-refractivity contribution in [3.8, 4) is 5.69 Å². The van der Waals surface area contributed by atoms with Crippen LogP contribution in [0.5, 0.6) is 0 Å². The highest BCUT2D eigenvalue weighted by molar-refractivity contribution is 6.30. The molecule has 0 radical (unpaired) electrons. The van der Waals surface area contributed by atoms with Crippen LogP contribution < -0.4 is 5.32 Å². The van der Waals surface area contributed by atoms with E-state index in [1.165, 1.54) is 0 Å². The van der Waals surface area contributed by atoms with Gasteiger partial charge in [-0.05, 0) is 25.2 Å². The number of hydrogen-bond donors (Lipinski definition) is 1. The van der Waals surface area contributed by atoms with Crippen molar-refractivity contribution in [3.63, 3.8) is 0 Å². The summed E-state index contributed by atoms with van der Waals surface area (Å²) in [5.74, 6) is 0. The highest BCUT2D eigenvalue weighted by Gasteiger charge is 2.00. The van der Waals surface area contributed by atoms with Crippen molar-refractivity contribution in [2.75, 3.05) is 7.05 Å². The summed E-state index contributed by atoms with van der Waals surface area (Å²) >= 11 is 5.92. The molecule has 78 valence electrons. The number of nitrogens with zero attached hydrogens (tertiary/aromatic N) is 2. The van der Waals surface area contributed by atoms with Crippen LogP contribution in [0.2, 0.25) is 5.02 Å². The van der Waals surface area contributed by atoms with Crippen LogP contribution >= 0.6 is 11.6 Å². The van der Waals surface area contributed by atoms with E-state index in [9.17, 15) is 0 Å². The molecular weight excluding hydrogens is 210 g/mol. The molecule has 0 amide bonds. The summed E-state index contributed by atoms with van der Waals surface area (Å²) in [5.41, 5.74) is 2.04. The second kappa shape index (κ2) is 4.47. The molecule has 1 aromatic heterocycles. The molecule has 1 heterocycles. The Hall–Kier alpha value is -1.32. The Morgan fingerprint density at radius 1 is 1.47 bits per heavy atom. The molecule has 4 heteroatoms. The topological polar surface area (TPSA) is 29.9 Å². The first-order valence-electron chi connectivity index (χ1n) is 4.73. The molecule has 3 nitrogen and oxygen atoms in total. The van der Waals surface area contributed by atoms with E-state index in [1.54, 1.807) is 6.33 Å². The molecule has 0 fully saturated rings. The molecule has 0 unspecified atom stereocenters. The molecule has 0 atom stereocenters. The fourth-order valence-electron chi connectivity index (χ4n) is 1.41. The largest absolute Gasteiger partial charge is 0.314 e. The summed E-state index contributed by atoms with van der Waals surface area (Å²) in [6.45, 7) is 0.771. The lowest BCUT2D eigenvalue weighted by molar-refractivity contribution is 0.796. The number of nitrogens with one attached hydrogen (secondary N) is 1. The first-order valence-corrected chi connectivity index (χ1v) is 5.11. The second-order valence-electron chi connectivity index (χ2n) is 3.28. The third kappa shape index (κ3) is 2.37. The zero-order valence-electron chi connectivity index (χ0n) is 8.44. The van der Waals surface area contributed by atoms with Gasteiger partial charge in [0.25, 0.3) is 0 Å². The van der Waals surface area contributed by atoms with Gasteiger partial charge >= 0.3 is 0 Å². The molecule has 2 aromatic rings. The monoisotopic (exact) mass is 221 g/mol. The molecule has 1 aromatic carbocycles. The van der Waals surface area contributed by atoms with Gasteiger partial charge in [-0.3, -0.25) is 0 Å². The summed E-state index contributed by atoms with van der Waals surface area (Å²) in [6, 6.07) is 7.69. The third-order valence-electron chi connectivity index (χ3n) is 2.10. The molecule has 15 heavy (non-hydrogen) atoms. The second-order valence-corrected chi connectivity index (χ2v) is 3.72. The predicted octanol–water partition coefficient (Wildman–Crippen LogP) is 2.25. The number of rotatable bonds is 3. The molecule has 0 saturated carbocycles. The van der Waals surface area contributed by atoms with Crippen molar-refractivity contribution < 1.29 is 0 Å². The van der Waals surface area contributed by atoms with Gasteiger partial charge in [-0.15, -0.1) is 0 Å². The Labute approximate surface area is 93.7 Å². The van der Waals surface area contributed by atoms with Crippen LogP contribution in [0.25, 0.3) is 5.69 Å². The van der Waals surface area contributed by atoms with E-state index in [2.05, 4.69) is 10.3 Å². The van der Waals surface area contributed by atoms with Crippen LogP contribution in [-0.4, -0.2) is 16.6 Å². The standard InChI is InChI=1S/C11H12ClN3/c1-13-6-10-7-15(8-14-10)11-4-2-3-9(12)5-11/h2-5,7-8,13H,6H2,1H3. The summed E-state index contributed by atoms with van der Waals surface area (Å²) in [6.07, 6.45) is 3.78. The minimum absolute atomic E-state index is 0.733. The average Bonchev–Trinajstić information content (AvgIpc) is 2.67. The maximum absolute atomic E-state index is 5.92. The van der Waals surface area contributed by atoms with E-state index in [4.69, 9.17) is 11.6 Å². The minimum atomic E-state index is 0.733. The van der Waals surface area contributed by atoms with Crippen molar-refractivity contribution in [2.45, 2.75) is 6.54 Å². The summed E-state index contributed by atoms with van der Waals surface area (Å²) in [7, 11) is 1.90. The summed E-state index contributed by atoms with van der Waals surface area (Å²) in [4.78, 5) is 4.27. The molecule has 0 aliphatic carbocycles. The maximum Gasteiger partial charge on any atom is 0.0995 e. The fourth-order valence-corrected chi connectivity index (χ4v) is 1.60. The van der Waals surface area contributed by atoms with Gasteiger partial charge in [-0.25, -0.2) is 4.98 Å². The molecule has 0 aliphatic heterocycles. The van der Waals surface area contributed by atoms with Gasteiger partial charge in [0.2, 0.25) is 0 Å². The third-order valence-corrected chi connectivity index (χ3v) is 2.34. The van der Waals surface area contributed by atoms with E-state index in [1.807, 2.05) is 42.1 Å². The average molecular weight is 222 g/mol. The number of benzene rings is 1. The van der Waals surface area contributed by atoms with Crippen molar-refractivity contribution in [1.82, 2.24) is 14.9 Å². The van der Waals surface area contributed by atoms with Crippen LogP contribution in [0.3, 0.4) is 0 Å². The van der Waals surface area contributed by atoms with Crippen molar-refractivity contribution >= 4 is 11.6 Å². The van der Waals surface area contributed by atoms with Gasteiger partial charge in [-0.1, -0.05) is 17.7 Å². The van der Waals surface area contributed by atoms with Gasteiger partial charge in [0.05, 0.1) is 12.0 Å². The lowest BCUT2D eigenvalue weighted by Gasteiger charge is -2.01. The summed E-state index contributed by atoms with van der Waals surface area (Å²) in [5, 5.41) is 3.79. The van der Waals surface area contributed by atoms with Crippen LogP contribution in [0, 0.1) is 0 Å². The van der Waals surface area contributed by atoms with E-state index in [0.29, 0.717) is 0 Å². The predicted molar refractivity (Wildman–Crippen MR) is 61.3 cm³/mol. The van der Waals surface area contributed by atoms with E-state index in [-0.39, 0.29) is 0 Å². The van der Waals surface area contributed by atoms with E-state index in [0.717, 1.165) is 22.9 Å². The lowest BCUT2D eigenvalue weighted by Crippen LogP contribution is -2.04. The Bertz CT molecular complexity index is 451. The van der Waals surface area contributed by atoms with Crippen molar-refractivity contribution in [3.05, 3.63) is 47.5 Å². The zero-order valence-corrected chi connectivity index (χ0v) is 9.20. The van der Waals surface area contributed by atoms with Crippen LogP contribution in [0.1, 0.15) is 5.69 Å². The fraction of sp³-hybridized carbons (Fsp3) is 0.182. The molecular formula is C11H12ClN3. The van der Waals surface area contributed by atoms with Crippen molar-refractivity contribution in [2.24, 2.45) is 0 Å². The van der Waals surface area contributed by atoms with Crippen LogP contribution in [-0.2, 0) is 6.54 Å². The highest BCUT2D eigenvalue weighted by Crippen LogP contribution is 2.14. The first-order chi connectivity index (χ1) is 7.29. The Kier molecular flexibility index (Phi) is 3.04. The number of aromatic nitrogens is 2. The quantitative estimate of drug-likeness (QED) is 0.862. The minimum Gasteiger partial charge on any atom is -0.314 e. The Balaban J connectivity index is 2.29. The van der Waals surface area contributed by atoms with Crippen molar-refractivity contribution in [1.29, 1.82) is 0 Å².